The molecule has 1 unspecified atom stereocenters. The van der Waals surface area contributed by atoms with Crippen molar-refractivity contribution in [1.29, 1.82) is 0 Å². The molecule has 2 N–H and O–H groups in total. The number of nitrogens with one attached hydrogen (secondary N) is 1. The van der Waals surface area contributed by atoms with Gasteiger partial charge in [-0.15, -0.1) is 0 Å². The van der Waals surface area contributed by atoms with E-state index in [0.717, 1.165) is 0 Å². The predicted molar refractivity (Wildman–Crippen MR) is 127 cm³/mol. The summed E-state index contributed by atoms with van der Waals surface area (Å²) >= 11 is 5.79. The smallest absolute Gasteiger partial charge is 0.251 e. The van der Waals surface area contributed by atoms with Crippen molar-refractivity contribution in [3.05, 3.63) is 93.9 Å². The molecule has 8 nitrogen and oxygen atoms in total. The molecule has 174 valence electrons. The van der Waals surface area contributed by atoms with Crippen molar-refractivity contribution in [2.75, 3.05) is 19.0 Å². The first-order valence-electron chi connectivity index (χ1n) is 10.4. The van der Waals surface area contributed by atoms with Gasteiger partial charge in [0.05, 0.1) is 35.8 Å². The van der Waals surface area contributed by atoms with Crippen LogP contribution in [-0.2, 0) is 0 Å². The first-order chi connectivity index (χ1) is 16.5. The molecular formula is C24H21ClFN5O3. The highest BCUT2D eigenvalue weighted by atomic mass is 35.5. The lowest BCUT2D eigenvalue weighted by Gasteiger charge is -2.20. The highest BCUT2D eigenvalue weighted by molar-refractivity contribution is 6.30. The first kappa shape index (κ1) is 23.3. The van der Waals surface area contributed by atoms with Crippen LogP contribution in [0.4, 0.5) is 16.0 Å². The Morgan fingerprint density at radius 1 is 1.18 bits per heavy atom. The van der Waals surface area contributed by atoms with Crippen molar-refractivity contribution in [3.8, 4) is 17.1 Å². The summed E-state index contributed by atoms with van der Waals surface area (Å²) < 4.78 is 20.5. The molecule has 1 atom stereocenters. The fourth-order valence-electron chi connectivity index (χ4n) is 3.50. The van der Waals surface area contributed by atoms with Crippen molar-refractivity contribution < 1.29 is 14.2 Å². The van der Waals surface area contributed by atoms with Crippen molar-refractivity contribution in [3.63, 3.8) is 0 Å². The first-order valence-corrected chi connectivity index (χ1v) is 10.7. The van der Waals surface area contributed by atoms with Gasteiger partial charge in [0.25, 0.3) is 5.56 Å². The monoisotopic (exact) mass is 481 g/mol. The van der Waals surface area contributed by atoms with Crippen LogP contribution in [0.15, 0.2) is 71.9 Å². The second kappa shape index (κ2) is 10.4. The molecule has 10 heteroatoms. The van der Waals surface area contributed by atoms with Crippen molar-refractivity contribution in [2.24, 2.45) is 0 Å². The van der Waals surface area contributed by atoms with E-state index in [0.29, 0.717) is 34.3 Å². The third-order valence-corrected chi connectivity index (χ3v) is 5.47. The van der Waals surface area contributed by atoms with E-state index in [9.17, 15) is 14.3 Å². The molecule has 0 spiro atoms. The Balaban J connectivity index is 1.61. The van der Waals surface area contributed by atoms with Crippen LogP contribution in [-0.4, -0.2) is 38.3 Å². The van der Waals surface area contributed by atoms with Gasteiger partial charge >= 0.3 is 0 Å². The van der Waals surface area contributed by atoms with Crippen molar-refractivity contribution in [2.45, 2.75) is 12.5 Å². The molecule has 0 aliphatic carbocycles. The number of methoxy groups -OCH3 is 1. The van der Waals surface area contributed by atoms with E-state index in [-0.39, 0.29) is 23.6 Å². The van der Waals surface area contributed by atoms with E-state index in [2.05, 4.69) is 20.3 Å². The van der Waals surface area contributed by atoms with E-state index in [1.807, 2.05) is 0 Å². The standard InChI is InChI=1S/C24H21ClFN5O3/c1-34-22-5-3-17(14-28-22)29-24-27-9-6-20(30-24)15-7-10-31(23(33)13-15)21(8-11-32)16-2-4-18(25)19(26)12-16/h2-7,9-10,12-14,21,32H,8,11H2,1H3,(H,27,29,30). The fraction of sp³-hybridized carbons (Fsp3) is 0.167. The lowest BCUT2D eigenvalue weighted by atomic mass is 10.0. The molecular weight excluding hydrogens is 461 g/mol. The molecule has 0 bridgehead atoms. The number of pyridine rings is 2. The van der Waals surface area contributed by atoms with Crippen LogP contribution in [0.5, 0.6) is 5.88 Å². The summed E-state index contributed by atoms with van der Waals surface area (Å²) in [4.78, 5) is 25.8. The van der Waals surface area contributed by atoms with Crippen LogP contribution < -0.4 is 15.6 Å². The Morgan fingerprint density at radius 2 is 2.03 bits per heavy atom. The van der Waals surface area contributed by atoms with E-state index in [1.54, 1.807) is 48.9 Å². The molecule has 0 aliphatic rings. The largest absolute Gasteiger partial charge is 0.481 e. The van der Waals surface area contributed by atoms with Gasteiger partial charge in [0.2, 0.25) is 11.8 Å². The molecule has 1 aromatic carbocycles. The lowest BCUT2D eigenvalue weighted by Crippen LogP contribution is -2.25. The molecule has 34 heavy (non-hydrogen) atoms. The van der Waals surface area contributed by atoms with Crippen LogP contribution >= 0.6 is 11.6 Å². The van der Waals surface area contributed by atoms with Gasteiger partial charge in [0.15, 0.2) is 0 Å². The van der Waals surface area contributed by atoms with Crippen LogP contribution in [0.2, 0.25) is 5.02 Å². The normalized spacial score (nSPS) is 11.8. The second-order valence-electron chi connectivity index (χ2n) is 7.34. The zero-order valence-corrected chi connectivity index (χ0v) is 18.9. The molecule has 0 aliphatic heterocycles. The van der Waals surface area contributed by atoms with Crippen molar-refractivity contribution >= 4 is 23.2 Å². The molecule has 0 fully saturated rings. The molecule has 0 saturated heterocycles. The second-order valence-corrected chi connectivity index (χ2v) is 7.75. The number of aromatic nitrogens is 4. The number of halogens is 2. The Kier molecular flexibility index (Phi) is 7.15. The van der Waals surface area contributed by atoms with Crippen LogP contribution in [0, 0.1) is 5.82 Å². The lowest BCUT2D eigenvalue weighted by molar-refractivity contribution is 0.266. The molecule has 0 amide bonds. The molecule has 0 saturated carbocycles. The third kappa shape index (κ3) is 5.22. The zero-order chi connectivity index (χ0) is 24.1. The van der Waals surface area contributed by atoms with Gasteiger partial charge in [0.1, 0.15) is 5.82 Å². The van der Waals surface area contributed by atoms with Gasteiger partial charge in [-0.2, -0.15) is 0 Å². The maximum absolute atomic E-state index is 14.0. The summed E-state index contributed by atoms with van der Waals surface area (Å²) in [7, 11) is 1.54. The Hall–Kier alpha value is -3.82. The number of benzene rings is 1. The van der Waals surface area contributed by atoms with Crippen molar-refractivity contribution in [1.82, 2.24) is 19.5 Å². The predicted octanol–water partition coefficient (Wildman–Crippen LogP) is 4.22. The average molecular weight is 482 g/mol. The summed E-state index contributed by atoms with van der Waals surface area (Å²) in [5.74, 6) is 0.241. The summed E-state index contributed by atoms with van der Waals surface area (Å²) in [6, 6.07) is 12.2. The number of anilines is 2. The topological polar surface area (TPSA) is 102 Å². The average Bonchev–Trinajstić information content (AvgIpc) is 2.85. The van der Waals surface area contributed by atoms with Crippen LogP contribution in [0.1, 0.15) is 18.0 Å². The summed E-state index contributed by atoms with van der Waals surface area (Å²) in [5.41, 5.74) is 2.02. The molecule has 4 aromatic rings. The molecule has 3 heterocycles. The Bertz CT molecular complexity index is 1350. The van der Waals surface area contributed by atoms with Crippen LogP contribution in [0.3, 0.4) is 0 Å². The van der Waals surface area contributed by atoms with Crippen LogP contribution in [0.25, 0.3) is 11.3 Å². The maximum atomic E-state index is 14.0. The Morgan fingerprint density at radius 3 is 2.71 bits per heavy atom. The van der Waals surface area contributed by atoms with E-state index >= 15 is 0 Å². The summed E-state index contributed by atoms with van der Waals surface area (Å²) in [5, 5.41) is 12.6. The van der Waals surface area contributed by atoms with Gasteiger partial charge in [0, 0.05) is 36.7 Å². The number of hydrogen-bond acceptors (Lipinski definition) is 7. The van der Waals surface area contributed by atoms with E-state index in [4.69, 9.17) is 16.3 Å². The SMILES string of the molecule is COc1ccc(Nc2nccc(-c3ccn(C(CCO)c4ccc(Cl)c(F)c4)c(=O)c3)n2)cn1. The zero-order valence-electron chi connectivity index (χ0n) is 18.2. The maximum Gasteiger partial charge on any atom is 0.251 e. The molecule has 4 rings (SSSR count). The number of hydrogen-bond donors (Lipinski definition) is 2. The number of aliphatic hydroxyl groups is 1. The van der Waals surface area contributed by atoms with Gasteiger partial charge < -0.3 is 19.7 Å². The summed E-state index contributed by atoms with van der Waals surface area (Å²) in [6.45, 7) is -0.176. The minimum atomic E-state index is -0.583. The highest BCUT2D eigenvalue weighted by Gasteiger charge is 2.17. The minimum Gasteiger partial charge on any atom is -0.481 e. The minimum absolute atomic E-state index is 0.00668. The quantitative estimate of drug-likeness (QED) is 0.388. The van der Waals surface area contributed by atoms with Gasteiger partial charge in [-0.05, 0) is 42.3 Å². The molecule has 3 aromatic heterocycles. The number of rotatable bonds is 8. The Labute approximate surface area is 199 Å². The van der Waals surface area contributed by atoms with Gasteiger partial charge in [-0.1, -0.05) is 17.7 Å². The third-order valence-electron chi connectivity index (χ3n) is 5.17. The van der Waals surface area contributed by atoms with E-state index in [1.165, 1.54) is 29.9 Å². The number of nitrogens with zero attached hydrogens (tertiary/aromatic N) is 4. The number of aliphatic hydroxyl groups excluding tert-OH is 1. The number of ether oxygens (including phenoxy) is 1. The fourth-order valence-corrected chi connectivity index (χ4v) is 3.62. The van der Waals surface area contributed by atoms with E-state index < -0.39 is 11.9 Å². The van der Waals surface area contributed by atoms with Gasteiger partial charge in [-0.3, -0.25) is 4.79 Å². The summed E-state index contributed by atoms with van der Waals surface area (Å²) in [6.07, 6.45) is 5.01. The highest BCUT2D eigenvalue weighted by Crippen LogP contribution is 2.26. The van der Waals surface area contributed by atoms with Gasteiger partial charge in [-0.25, -0.2) is 19.3 Å². The molecule has 0 radical (unpaired) electrons.